The number of piperidine rings is 1. The van der Waals surface area contributed by atoms with Crippen molar-refractivity contribution in [2.24, 2.45) is 0 Å². The molecule has 2 rings (SSSR count). The van der Waals surface area contributed by atoms with E-state index in [1.54, 1.807) is 18.2 Å². The first-order valence-corrected chi connectivity index (χ1v) is 8.41. The second-order valence-electron chi connectivity index (χ2n) is 6.08. The summed E-state index contributed by atoms with van der Waals surface area (Å²) >= 11 is 0. The van der Waals surface area contributed by atoms with Gasteiger partial charge in [0.25, 0.3) is 5.91 Å². The Labute approximate surface area is 146 Å². The highest BCUT2D eigenvalue weighted by Crippen LogP contribution is 2.19. The van der Waals surface area contributed by atoms with Crippen molar-refractivity contribution < 1.29 is 19.2 Å². The number of aldehydes is 1. The third kappa shape index (κ3) is 4.43. The minimum absolute atomic E-state index is 0.189. The summed E-state index contributed by atoms with van der Waals surface area (Å²) in [6.07, 6.45) is 3.17. The maximum absolute atomic E-state index is 12.7. The summed E-state index contributed by atoms with van der Waals surface area (Å²) in [6.45, 7) is 2.88. The fourth-order valence-electron chi connectivity index (χ4n) is 2.76. The number of imide groups is 1. The zero-order chi connectivity index (χ0) is 18.4. The van der Waals surface area contributed by atoms with E-state index in [4.69, 9.17) is 0 Å². The number of amides is 3. The Bertz CT molecular complexity index is 687. The maximum atomic E-state index is 12.7. The first-order chi connectivity index (χ1) is 12.0. The average Bonchev–Trinajstić information content (AvgIpc) is 2.60. The fraction of sp³-hybridized carbons (Fsp3) is 0.444. The number of carbonyl (C=O) groups excluding carboxylic acids is 4. The zero-order valence-electron chi connectivity index (χ0n) is 14.5. The lowest BCUT2D eigenvalue weighted by atomic mass is 10.0. The molecular weight excluding hydrogens is 322 g/mol. The predicted octanol–water partition coefficient (Wildman–Crippen LogP) is 1.59. The van der Waals surface area contributed by atoms with Crippen LogP contribution in [-0.4, -0.2) is 48.5 Å². The Balaban J connectivity index is 2.16. The molecule has 25 heavy (non-hydrogen) atoms. The van der Waals surface area contributed by atoms with E-state index in [0.29, 0.717) is 6.29 Å². The first kappa shape index (κ1) is 18.6. The molecule has 1 aromatic rings. The second kappa shape index (κ2) is 8.41. The van der Waals surface area contributed by atoms with Crippen LogP contribution in [-0.2, 0) is 9.59 Å². The van der Waals surface area contributed by atoms with E-state index in [1.165, 1.54) is 11.9 Å². The van der Waals surface area contributed by atoms with Crippen LogP contribution in [0.25, 0.3) is 0 Å². The van der Waals surface area contributed by atoms with E-state index in [1.807, 2.05) is 0 Å². The molecule has 1 aromatic carbocycles. The number of unbranched alkanes of at least 4 members (excludes halogenated alkanes) is 1. The molecule has 0 radical (unpaired) electrons. The maximum Gasteiger partial charge on any atom is 0.255 e. The first-order valence-electron chi connectivity index (χ1n) is 8.41. The van der Waals surface area contributed by atoms with Crippen molar-refractivity contribution in [1.29, 1.82) is 0 Å². The Morgan fingerprint density at radius 1 is 1.40 bits per heavy atom. The second-order valence-corrected chi connectivity index (χ2v) is 6.08. The lowest BCUT2D eigenvalue weighted by molar-refractivity contribution is -0.136. The zero-order valence-corrected chi connectivity index (χ0v) is 14.5. The van der Waals surface area contributed by atoms with Crippen LogP contribution < -0.4 is 10.6 Å². The lowest BCUT2D eigenvalue weighted by Crippen LogP contribution is -2.53. The molecule has 1 saturated heterocycles. The van der Waals surface area contributed by atoms with Crippen molar-refractivity contribution in [2.45, 2.75) is 38.6 Å². The molecule has 1 aliphatic heterocycles. The highest BCUT2D eigenvalue weighted by Gasteiger charge is 2.33. The van der Waals surface area contributed by atoms with Crippen LogP contribution in [0.5, 0.6) is 0 Å². The van der Waals surface area contributed by atoms with Crippen LogP contribution in [0.4, 0.5) is 5.69 Å². The molecule has 1 aliphatic rings. The van der Waals surface area contributed by atoms with Gasteiger partial charge in [0.05, 0.1) is 5.56 Å². The Hall–Kier alpha value is -2.70. The topological polar surface area (TPSA) is 95.6 Å². The number of benzene rings is 1. The van der Waals surface area contributed by atoms with Crippen LogP contribution in [0.1, 0.15) is 53.3 Å². The van der Waals surface area contributed by atoms with Crippen LogP contribution in [0.3, 0.4) is 0 Å². The summed E-state index contributed by atoms with van der Waals surface area (Å²) in [4.78, 5) is 48.6. The minimum atomic E-state index is -0.716. The standard InChI is InChI=1S/C18H23N3O4/c1-3-4-9-19-13-5-6-14(12(10-13)11-22)18(25)21(2)15-7-8-16(23)20-17(15)24/h5-6,10-11,15,19H,3-4,7-9H2,1-2H3,(H,20,23,24). The van der Waals surface area contributed by atoms with Gasteiger partial charge in [0.15, 0.2) is 6.29 Å². The average molecular weight is 345 g/mol. The molecule has 1 unspecified atom stereocenters. The summed E-state index contributed by atoms with van der Waals surface area (Å²) in [6, 6.07) is 4.25. The molecule has 1 heterocycles. The number of nitrogens with one attached hydrogen (secondary N) is 2. The lowest BCUT2D eigenvalue weighted by Gasteiger charge is -2.30. The molecule has 1 atom stereocenters. The molecule has 134 valence electrons. The summed E-state index contributed by atoms with van der Waals surface area (Å²) in [5.41, 5.74) is 1.28. The molecular formula is C18H23N3O4. The number of carbonyl (C=O) groups is 4. The van der Waals surface area contributed by atoms with Gasteiger partial charge in [-0.05, 0) is 31.0 Å². The van der Waals surface area contributed by atoms with Crippen molar-refractivity contribution in [3.63, 3.8) is 0 Å². The third-order valence-electron chi connectivity index (χ3n) is 4.27. The van der Waals surface area contributed by atoms with Gasteiger partial charge >= 0.3 is 0 Å². The van der Waals surface area contributed by atoms with Crippen molar-refractivity contribution in [3.8, 4) is 0 Å². The van der Waals surface area contributed by atoms with Gasteiger partial charge in [-0.15, -0.1) is 0 Å². The number of likely N-dealkylation sites (N-methyl/N-ethyl adjacent to an activating group) is 1. The van der Waals surface area contributed by atoms with Crippen LogP contribution in [0, 0.1) is 0 Å². The summed E-state index contributed by atoms with van der Waals surface area (Å²) in [7, 11) is 1.50. The van der Waals surface area contributed by atoms with Crippen molar-refractivity contribution in [3.05, 3.63) is 29.3 Å². The third-order valence-corrected chi connectivity index (χ3v) is 4.27. The molecule has 0 aliphatic carbocycles. The molecule has 3 amide bonds. The van der Waals surface area contributed by atoms with Gasteiger partial charge < -0.3 is 10.2 Å². The van der Waals surface area contributed by atoms with Gasteiger partial charge in [-0.3, -0.25) is 24.5 Å². The molecule has 1 fully saturated rings. The number of rotatable bonds is 7. The molecule has 0 saturated carbocycles. The Morgan fingerprint density at radius 3 is 2.80 bits per heavy atom. The van der Waals surface area contributed by atoms with Crippen molar-refractivity contribution >= 4 is 29.7 Å². The van der Waals surface area contributed by atoms with E-state index in [0.717, 1.165) is 25.1 Å². The molecule has 0 aromatic heterocycles. The molecule has 0 bridgehead atoms. The number of hydrogen-bond donors (Lipinski definition) is 2. The summed E-state index contributed by atoms with van der Waals surface area (Å²) < 4.78 is 0. The number of nitrogens with zero attached hydrogens (tertiary/aromatic N) is 1. The van der Waals surface area contributed by atoms with E-state index in [-0.39, 0.29) is 29.9 Å². The number of hydrogen-bond acceptors (Lipinski definition) is 5. The van der Waals surface area contributed by atoms with E-state index < -0.39 is 17.9 Å². The predicted molar refractivity (Wildman–Crippen MR) is 93.5 cm³/mol. The highest BCUT2D eigenvalue weighted by atomic mass is 16.2. The van der Waals surface area contributed by atoms with Gasteiger partial charge in [0.2, 0.25) is 11.8 Å². The minimum Gasteiger partial charge on any atom is -0.385 e. The quantitative estimate of drug-likeness (QED) is 0.444. The van der Waals surface area contributed by atoms with Crippen LogP contribution >= 0.6 is 0 Å². The van der Waals surface area contributed by atoms with E-state index in [9.17, 15) is 19.2 Å². The Morgan fingerprint density at radius 2 is 2.16 bits per heavy atom. The fourth-order valence-corrected chi connectivity index (χ4v) is 2.76. The Kier molecular flexibility index (Phi) is 6.27. The van der Waals surface area contributed by atoms with Gasteiger partial charge in [0.1, 0.15) is 6.04 Å². The van der Waals surface area contributed by atoms with Crippen LogP contribution in [0.2, 0.25) is 0 Å². The smallest absolute Gasteiger partial charge is 0.255 e. The van der Waals surface area contributed by atoms with Gasteiger partial charge in [-0.25, -0.2) is 0 Å². The SMILES string of the molecule is CCCCNc1ccc(C(=O)N(C)C2CCC(=O)NC2=O)c(C=O)c1. The largest absolute Gasteiger partial charge is 0.385 e. The molecule has 7 heteroatoms. The van der Waals surface area contributed by atoms with Gasteiger partial charge in [-0.1, -0.05) is 13.3 Å². The van der Waals surface area contributed by atoms with Crippen molar-refractivity contribution in [1.82, 2.24) is 10.2 Å². The van der Waals surface area contributed by atoms with E-state index >= 15 is 0 Å². The molecule has 2 N–H and O–H groups in total. The molecule has 0 spiro atoms. The number of anilines is 1. The van der Waals surface area contributed by atoms with Crippen molar-refractivity contribution in [2.75, 3.05) is 18.9 Å². The van der Waals surface area contributed by atoms with E-state index in [2.05, 4.69) is 17.6 Å². The van der Waals surface area contributed by atoms with Crippen LogP contribution in [0.15, 0.2) is 18.2 Å². The highest BCUT2D eigenvalue weighted by molar-refractivity contribution is 6.06. The monoisotopic (exact) mass is 345 g/mol. The van der Waals surface area contributed by atoms with Gasteiger partial charge in [-0.2, -0.15) is 0 Å². The van der Waals surface area contributed by atoms with Gasteiger partial charge in [0, 0.05) is 31.3 Å². The summed E-state index contributed by atoms with van der Waals surface area (Å²) in [5, 5.41) is 5.44. The summed E-state index contributed by atoms with van der Waals surface area (Å²) in [5.74, 6) is -1.24. The molecule has 7 nitrogen and oxygen atoms in total. The normalized spacial score (nSPS) is 17.0.